The van der Waals surface area contributed by atoms with Gasteiger partial charge in [0.25, 0.3) is 5.91 Å². The summed E-state index contributed by atoms with van der Waals surface area (Å²) in [7, 11) is 1.53. The van der Waals surface area contributed by atoms with E-state index in [0.717, 1.165) is 21.2 Å². The summed E-state index contributed by atoms with van der Waals surface area (Å²) in [5.41, 5.74) is 6.58. The van der Waals surface area contributed by atoms with Gasteiger partial charge in [-0.2, -0.15) is 0 Å². The quantitative estimate of drug-likeness (QED) is 0.0888. The highest BCUT2D eigenvalue weighted by Gasteiger charge is 2.55. The van der Waals surface area contributed by atoms with Crippen molar-refractivity contribution in [3.63, 3.8) is 0 Å². The molecule has 0 spiro atoms. The van der Waals surface area contributed by atoms with E-state index in [1.165, 1.54) is 12.0 Å². The standard InChI is InChI=1S/C36H37N5O6/c1-4-47-32(43)20-30(25-13-17-29(46-3)18-14-25)39-31(42)22-40-34(44)36(2,28-15-11-26(12-16-28)33(37)38)41(35(40)45)21-23-9-10-24-7-5-6-8-27(24)19-23/h5-19,30H,4,20-22H2,1-3H3,(H3,37,38)(H,39,42). The highest BCUT2D eigenvalue weighted by Crippen LogP contribution is 2.39. The van der Waals surface area contributed by atoms with E-state index >= 15 is 0 Å². The zero-order valence-electron chi connectivity index (χ0n) is 26.5. The molecule has 0 bridgehead atoms. The first-order valence-corrected chi connectivity index (χ1v) is 15.2. The lowest BCUT2D eigenvalue weighted by molar-refractivity contribution is -0.144. The lowest BCUT2D eigenvalue weighted by Crippen LogP contribution is -2.44. The van der Waals surface area contributed by atoms with Gasteiger partial charge in [-0.15, -0.1) is 0 Å². The normalized spacial score (nSPS) is 16.7. The first-order valence-electron chi connectivity index (χ1n) is 15.2. The van der Waals surface area contributed by atoms with Crippen LogP contribution in [-0.4, -0.2) is 59.7 Å². The predicted molar refractivity (Wildman–Crippen MR) is 177 cm³/mol. The Kier molecular flexibility index (Phi) is 9.55. The molecule has 4 aromatic carbocycles. The van der Waals surface area contributed by atoms with E-state index in [2.05, 4.69) is 5.32 Å². The third-order valence-electron chi connectivity index (χ3n) is 8.41. The molecule has 2 atom stereocenters. The number of amides is 4. The van der Waals surface area contributed by atoms with Crippen molar-refractivity contribution in [2.45, 2.75) is 38.4 Å². The summed E-state index contributed by atoms with van der Waals surface area (Å²) in [5.74, 6) is -1.24. The molecule has 11 heteroatoms. The Morgan fingerprint density at radius 2 is 1.64 bits per heavy atom. The zero-order valence-corrected chi connectivity index (χ0v) is 26.5. The van der Waals surface area contributed by atoms with Gasteiger partial charge >= 0.3 is 12.0 Å². The lowest BCUT2D eigenvalue weighted by Gasteiger charge is -2.32. The maximum absolute atomic E-state index is 14.2. The van der Waals surface area contributed by atoms with Crippen LogP contribution in [0.3, 0.4) is 0 Å². The topological polar surface area (TPSA) is 155 Å². The summed E-state index contributed by atoms with van der Waals surface area (Å²) in [6, 6.07) is 25.7. The van der Waals surface area contributed by atoms with Gasteiger partial charge in [-0.25, -0.2) is 4.79 Å². The minimum Gasteiger partial charge on any atom is -0.497 e. The van der Waals surface area contributed by atoms with E-state index in [1.807, 2.05) is 42.5 Å². The van der Waals surface area contributed by atoms with Crippen LogP contribution in [0.15, 0.2) is 91.0 Å². The van der Waals surface area contributed by atoms with E-state index in [9.17, 15) is 19.2 Å². The van der Waals surface area contributed by atoms with Gasteiger partial charge in [-0.3, -0.25) is 24.7 Å². The predicted octanol–water partition coefficient (Wildman–Crippen LogP) is 4.62. The SMILES string of the molecule is CCOC(=O)CC(NC(=O)CN1C(=O)N(Cc2ccc3ccccc3c2)C(C)(c2ccc(C(=N)N)cc2)C1=O)c1ccc(OC)cc1. The van der Waals surface area contributed by atoms with Crippen LogP contribution in [-0.2, 0) is 31.2 Å². The first kappa shape index (κ1) is 32.7. The van der Waals surface area contributed by atoms with Crippen molar-refractivity contribution < 1.29 is 28.7 Å². The fraction of sp³-hybridized carbons (Fsp3) is 0.250. The van der Waals surface area contributed by atoms with Crippen LogP contribution in [0, 0.1) is 5.41 Å². The monoisotopic (exact) mass is 635 g/mol. The number of carbonyl (C=O) groups is 4. The van der Waals surface area contributed by atoms with Crippen LogP contribution in [0.5, 0.6) is 5.75 Å². The number of nitrogens with one attached hydrogen (secondary N) is 2. The summed E-state index contributed by atoms with van der Waals surface area (Å²) in [6.45, 7) is 3.05. The smallest absolute Gasteiger partial charge is 0.328 e. The maximum atomic E-state index is 14.2. The minimum atomic E-state index is -1.47. The number of carbonyl (C=O) groups excluding carboxylic acids is 4. The number of fused-ring (bicyclic) bond motifs is 1. The van der Waals surface area contributed by atoms with Gasteiger partial charge in [0.1, 0.15) is 23.7 Å². The average molecular weight is 636 g/mol. The molecule has 1 fully saturated rings. The molecule has 0 saturated carbocycles. The molecule has 2 unspecified atom stereocenters. The van der Waals surface area contributed by atoms with Crippen molar-refractivity contribution in [1.29, 1.82) is 5.41 Å². The molecular formula is C36H37N5O6. The summed E-state index contributed by atoms with van der Waals surface area (Å²) < 4.78 is 10.4. The van der Waals surface area contributed by atoms with Crippen LogP contribution >= 0.6 is 0 Å². The average Bonchev–Trinajstić information content (AvgIpc) is 3.25. The zero-order chi connectivity index (χ0) is 33.7. The molecule has 0 aromatic heterocycles. The molecule has 1 aliphatic rings. The second-order valence-electron chi connectivity index (χ2n) is 11.4. The number of nitrogens with two attached hydrogens (primary N) is 1. The second kappa shape index (κ2) is 13.7. The van der Waals surface area contributed by atoms with E-state index in [0.29, 0.717) is 22.4 Å². The lowest BCUT2D eigenvalue weighted by atomic mass is 9.89. The number of nitrogens with zero attached hydrogens (tertiary/aromatic N) is 2. The third kappa shape index (κ3) is 6.79. The summed E-state index contributed by atoms with van der Waals surface area (Å²) in [5, 5.41) is 12.6. The highest BCUT2D eigenvalue weighted by molar-refractivity contribution is 6.09. The summed E-state index contributed by atoms with van der Waals surface area (Å²) in [4.78, 5) is 56.7. The molecule has 4 N–H and O–H groups in total. The van der Waals surface area contributed by atoms with E-state index in [-0.39, 0.29) is 25.4 Å². The number of hydrogen-bond acceptors (Lipinski definition) is 7. The number of hydrogen-bond donors (Lipinski definition) is 3. The van der Waals surface area contributed by atoms with Crippen molar-refractivity contribution >= 4 is 40.4 Å². The molecule has 11 nitrogen and oxygen atoms in total. The molecule has 4 aromatic rings. The number of imide groups is 1. The first-order chi connectivity index (χ1) is 22.5. The van der Waals surface area contributed by atoms with Crippen molar-refractivity contribution in [3.05, 3.63) is 113 Å². The number of rotatable bonds is 12. The number of esters is 1. The van der Waals surface area contributed by atoms with Crippen LogP contribution in [0.2, 0.25) is 0 Å². The van der Waals surface area contributed by atoms with Crippen molar-refractivity contribution in [3.8, 4) is 5.75 Å². The van der Waals surface area contributed by atoms with Gasteiger partial charge in [-0.1, -0.05) is 72.8 Å². The van der Waals surface area contributed by atoms with E-state index in [1.54, 1.807) is 62.4 Å². The van der Waals surface area contributed by atoms with Gasteiger partial charge in [-0.05, 0) is 59.5 Å². The number of methoxy groups -OCH3 is 1. The van der Waals surface area contributed by atoms with Crippen molar-refractivity contribution in [2.75, 3.05) is 20.3 Å². The molecule has 5 rings (SSSR count). The van der Waals surface area contributed by atoms with Crippen LogP contribution in [0.1, 0.15) is 48.6 Å². The van der Waals surface area contributed by atoms with Gasteiger partial charge in [0.05, 0.1) is 26.2 Å². The van der Waals surface area contributed by atoms with Gasteiger partial charge < -0.3 is 25.4 Å². The Morgan fingerprint density at radius 3 is 2.28 bits per heavy atom. The summed E-state index contributed by atoms with van der Waals surface area (Å²) >= 11 is 0. The van der Waals surface area contributed by atoms with Gasteiger partial charge in [0.2, 0.25) is 5.91 Å². The molecular weight excluding hydrogens is 598 g/mol. The molecule has 0 aliphatic carbocycles. The van der Waals surface area contributed by atoms with Crippen LogP contribution in [0.25, 0.3) is 10.8 Å². The largest absolute Gasteiger partial charge is 0.497 e. The number of nitrogen functional groups attached to an aromatic ring is 1. The minimum absolute atomic E-state index is 0.0931. The third-order valence-corrected chi connectivity index (χ3v) is 8.41. The van der Waals surface area contributed by atoms with E-state index < -0.39 is 41.9 Å². The van der Waals surface area contributed by atoms with Gasteiger partial charge in [0.15, 0.2) is 0 Å². The maximum Gasteiger partial charge on any atom is 0.328 e. The molecule has 0 radical (unpaired) electrons. The van der Waals surface area contributed by atoms with Crippen LogP contribution < -0.4 is 15.8 Å². The molecule has 1 saturated heterocycles. The van der Waals surface area contributed by atoms with E-state index in [4.69, 9.17) is 20.6 Å². The van der Waals surface area contributed by atoms with Crippen molar-refractivity contribution in [2.24, 2.45) is 5.73 Å². The number of benzene rings is 4. The Bertz CT molecular complexity index is 1820. The summed E-state index contributed by atoms with van der Waals surface area (Å²) in [6.07, 6.45) is -0.151. The molecule has 1 heterocycles. The Balaban J connectivity index is 1.45. The van der Waals surface area contributed by atoms with Crippen LogP contribution in [0.4, 0.5) is 4.79 Å². The molecule has 242 valence electrons. The fourth-order valence-corrected chi connectivity index (χ4v) is 5.80. The molecule has 47 heavy (non-hydrogen) atoms. The fourth-order valence-electron chi connectivity index (χ4n) is 5.80. The number of amidine groups is 1. The number of urea groups is 1. The van der Waals surface area contributed by atoms with Crippen molar-refractivity contribution in [1.82, 2.24) is 15.1 Å². The Morgan fingerprint density at radius 1 is 0.957 bits per heavy atom. The second-order valence-corrected chi connectivity index (χ2v) is 11.4. The van der Waals surface area contributed by atoms with Gasteiger partial charge in [0, 0.05) is 12.1 Å². The number of ether oxygens (including phenoxy) is 2. The Hall–Kier alpha value is -5.71. The Labute approximate surface area is 272 Å². The highest BCUT2D eigenvalue weighted by atomic mass is 16.5. The molecule has 1 aliphatic heterocycles. The molecule has 4 amide bonds.